The molecule has 2 N–H and O–H groups in total. The molecule has 2 rings (SSSR count). The highest BCUT2D eigenvalue weighted by atomic mass is 15.4. The average molecular weight is 162 g/mol. The molecule has 0 fully saturated rings. The first-order chi connectivity index (χ1) is 5.88. The Bertz CT molecular complexity index is 367. The number of rotatable bonds is 1. The molecule has 2 heterocycles. The molecule has 0 unspecified atom stereocenters. The quantitative estimate of drug-likeness (QED) is 0.619. The SMILES string of the molecule is Nc1nnncc1-n1cccn1. The summed E-state index contributed by atoms with van der Waals surface area (Å²) in [5.41, 5.74) is 6.17. The number of nitrogen functional groups attached to an aromatic ring is 1. The summed E-state index contributed by atoms with van der Waals surface area (Å²) in [5.74, 6) is 0.314. The number of anilines is 1. The summed E-state index contributed by atoms with van der Waals surface area (Å²) < 4.78 is 1.58. The second kappa shape index (κ2) is 2.57. The summed E-state index contributed by atoms with van der Waals surface area (Å²) in [6, 6.07) is 1.79. The molecule has 0 atom stereocenters. The monoisotopic (exact) mass is 162 g/mol. The van der Waals surface area contributed by atoms with Gasteiger partial charge in [-0.1, -0.05) is 0 Å². The van der Waals surface area contributed by atoms with E-state index in [0.717, 1.165) is 0 Å². The van der Waals surface area contributed by atoms with E-state index in [2.05, 4.69) is 20.5 Å². The van der Waals surface area contributed by atoms with Crippen molar-refractivity contribution in [2.24, 2.45) is 0 Å². The van der Waals surface area contributed by atoms with Gasteiger partial charge >= 0.3 is 0 Å². The predicted octanol–water partition coefficient (Wildman–Crippen LogP) is -0.361. The van der Waals surface area contributed by atoms with Crippen molar-refractivity contribution in [3.8, 4) is 5.69 Å². The van der Waals surface area contributed by atoms with Crippen molar-refractivity contribution < 1.29 is 0 Å². The molecular weight excluding hydrogens is 156 g/mol. The van der Waals surface area contributed by atoms with Gasteiger partial charge < -0.3 is 5.73 Å². The Hall–Kier alpha value is -1.98. The summed E-state index contributed by atoms with van der Waals surface area (Å²) in [7, 11) is 0. The topological polar surface area (TPSA) is 82.5 Å². The smallest absolute Gasteiger partial charge is 0.175 e. The van der Waals surface area contributed by atoms with Crippen LogP contribution in [0.1, 0.15) is 0 Å². The van der Waals surface area contributed by atoms with E-state index >= 15 is 0 Å². The van der Waals surface area contributed by atoms with Crippen molar-refractivity contribution in [1.82, 2.24) is 25.2 Å². The minimum absolute atomic E-state index is 0.314. The Balaban J connectivity index is 2.55. The lowest BCUT2D eigenvalue weighted by molar-refractivity contribution is 0.813. The minimum Gasteiger partial charge on any atom is -0.380 e. The van der Waals surface area contributed by atoms with E-state index < -0.39 is 0 Å². The van der Waals surface area contributed by atoms with Crippen LogP contribution in [0, 0.1) is 0 Å². The highest BCUT2D eigenvalue weighted by Crippen LogP contribution is 2.08. The van der Waals surface area contributed by atoms with E-state index in [1.807, 2.05) is 0 Å². The lowest BCUT2D eigenvalue weighted by Gasteiger charge is -2.00. The average Bonchev–Trinajstić information content (AvgIpc) is 2.57. The molecule has 2 aromatic heterocycles. The third-order valence-corrected chi connectivity index (χ3v) is 1.40. The fourth-order valence-corrected chi connectivity index (χ4v) is 0.860. The lowest BCUT2D eigenvalue weighted by Crippen LogP contribution is -2.04. The van der Waals surface area contributed by atoms with Gasteiger partial charge in [0.2, 0.25) is 0 Å². The fraction of sp³-hybridized carbons (Fsp3) is 0. The number of aromatic nitrogens is 5. The third-order valence-electron chi connectivity index (χ3n) is 1.40. The Morgan fingerprint density at radius 1 is 1.42 bits per heavy atom. The van der Waals surface area contributed by atoms with Gasteiger partial charge in [0.05, 0.1) is 6.20 Å². The first-order valence-corrected chi connectivity index (χ1v) is 3.32. The standard InChI is InChI=1S/C6H6N6/c7-6-5(4-8-11-10-6)12-3-1-2-9-12/h1-4H,(H2,7,8,10). The third kappa shape index (κ3) is 0.986. The van der Waals surface area contributed by atoms with Gasteiger partial charge in [-0.25, -0.2) is 4.68 Å². The van der Waals surface area contributed by atoms with Crippen LogP contribution in [-0.2, 0) is 0 Å². The predicted molar refractivity (Wildman–Crippen MR) is 41.4 cm³/mol. The summed E-state index contributed by atoms with van der Waals surface area (Å²) in [6.07, 6.45) is 4.92. The normalized spacial score (nSPS) is 10.0. The molecule has 0 aliphatic rings. The van der Waals surface area contributed by atoms with Gasteiger partial charge in [0.1, 0.15) is 5.69 Å². The molecule has 0 aromatic carbocycles. The number of hydrogen-bond acceptors (Lipinski definition) is 5. The zero-order chi connectivity index (χ0) is 8.39. The number of hydrogen-bond donors (Lipinski definition) is 1. The molecule has 2 aromatic rings. The van der Waals surface area contributed by atoms with Gasteiger partial charge in [0, 0.05) is 12.4 Å². The molecule has 0 amide bonds. The van der Waals surface area contributed by atoms with Crippen LogP contribution in [0.4, 0.5) is 5.82 Å². The van der Waals surface area contributed by atoms with Crippen LogP contribution in [0.3, 0.4) is 0 Å². The van der Waals surface area contributed by atoms with E-state index in [1.165, 1.54) is 6.20 Å². The molecule has 60 valence electrons. The molecule has 0 spiro atoms. The molecule has 12 heavy (non-hydrogen) atoms. The minimum atomic E-state index is 0.314. The Labute approximate surface area is 68.0 Å². The molecule has 6 nitrogen and oxygen atoms in total. The van der Waals surface area contributed by atoms with Crippen LogP contribution < -0.4 is 5.73 Å². The highest BCUT2D eigenvalue weighted by molar-refractivity contribution is 5.48. The molecule has 0 saturated carbocycles. The summed E-state index contributed by atoms with van der Waals surface area (Å²) in [6.45, 7) is 0. The van der Waals surface area contributed by atoms with Crippen LogP contribution >= 0.6 is 0 Å². The highest BCUT2D eigenvalue weighted by Gasteiger charge is 2.01. The van der Waals surface area contributed by atoms with Crippen LogP contribution in [0.2, 0.25) is 0 Å². The van der Waals surface area contributed by atoms with E-state index in [-0.39, 0.29) is 0 Å². The second-order valence-corrected chi connectivity index (χ2v) is 2.16. The van der Waals surface area contributed by atoms with Gasteiger partial charge in [-0.2, -0.15) is 5.10 Å². The molecule has 0 saturated heterocycles. The Morgan fingerprint density at radius 3 is 3.00 bits per heavy atom. The Morgan fingerprint density at radius 2 is 2.33 bits per heavy atom. The van der Waals surface area contributed by atoms with E-state index in [1.54, 1.807) is 23.1 Å². The maximum atomic E-state index is 5.54. The zero-order valence-electron chi connectivity index (χ0n) is 6.12. The lowest BCUT2D eigenvalue weighted by atomic mass is 10.5. The van der Waals surface area contributed by atoms with Crippen molar-refractivity contribution in [1.29, 1.82) is 0 Å². The molecule has 6 heteroatoms. The van der Waals surface area contributed by atoms with Gasteiger partial charge in [-0.3, -0.25) is 0 Å². The first kappa shape index (κ1) is 6.71. The molecule has 0 aliphatic carbocycles. The Kier molecular flexibility index (Phi) is 1.44. The zero-order valence-corrected chi connectivity index (χ0v) is 6.12. The maximum Gasteiger partial charge on any atom is 0.175 e. The van der Waals surface area contributed by atoms with Gasteiger partial charge in [-0.05, 0) is 11.3 Å². The van der Waals surface area contributed by atoms with Crippen LogP contribution in [0.25, 0.3) is 5.69 Å². The summed E-state index contributed by atoms with van der Waals surface area (Å²) >= 11 is 0. The number of nitrogens with two attached hydrogens (primary N) is 1. The van der Waals surface area contributed by atoms with Crippen molar-refractivity contribution in [3.63, 3.8) is 0 Å². The van der Waals surface area contributed by atoms with E-state index in [4.69, 9.17) is 5.73 Å². The molecule has 0 radical (unpaired) electrons. The molecular formula is C6H6N6. The largest absolute Gasteiger partial charge is 0.380 e. The van der Waals surface area contributed by atoms with Crippen LogP contribution in [-0.4, -0.2) is 25.2 Å². The van der Waals surface area contributed by atoms with Crippen molar-refractivity contribution in [3.05, 3.63) is 24.7 Å². The maximum absolute atomic E-state index is 5.54. The second-order valence-electron chi connectivity index (χ2n) is 2.16. The van der Waals surface area contributed by atoms with E-state index in [0.29, 0.717) is 11.5 Å². The van der Waals surface area contributed by atoms with Gasteiger partial charge in [0.15, 0.2) is 5.82 Å². The van der Waals surface area contributed by atoms with Crippen molar-refractivity contribution in [2.75, 3.05) is 5.73 Å². The fourth-order valence-electron chi connectivity index (χ4n) is 0.860. The van der Waals surface area contributed by atoms with E-state index in [9.17, 15) is 0 Å². The van der Waals surface area contributed by atoms with Crippen molar-refractivity contribution in [2.45, 2.75) is 0 Å². The van der Waals surface area contributed by atoms with Crippen LogP contribution in [0.15, 0.2) is 24.7 Å². The molecule has 0 bridgehead atoms. The number of nitrogens with zero attached hydrogens (tertiary/aromatic N) is 5. The summed E-state index contributed by atoms with van der Waals surface area (Å²) in [4.78, 5) is 0. The van der Waals surface area contributed by atoms with Gasteiger partial charge in [0.25, 0.3) is 0 Å². The van der Waals surface area contributed by atoms with Crippen molar-refractivity contribution >= 4 is 5.82 Å². The summed E-state index contributed by atoms with van der Waals surface area (Å²) in [5, 5.41) is 14.6. The first-order valence-electron chi connectivity index (χ1n) is 3.32. The molecule has 0 aliphatic heterocycles. The van der Waals surface area contributed by atoms with Crippen LogP contribution in [0.5, 0.6) is 0 Å². The van der Waals surface area contributed by atoms with Gasteiger partial charge in [-0.15, -0.1) is 10.2 Å².